The average Bonchev–Trinajstić information content (AvgIpc) is 2.89. The van der Waals surface area contributed by atoms with Crippen molar-refractivity contribution in [3.63, 3.8) is 0 Å². The average molecular weight is 304 g/mol. The molecule has 0 amide bonds. The minimum Gasteiger partial charge on any atom is -0.395 e. The number of aliphatic hydroxyl groups is 1. The van der Waals surface area contributed by atoms with Gasteiger partial charge in [0.2, 0.25) is 0 Å². The van der Waals surface area contributed by atoms with Gasteiger partial charge in [-0.05, 0) is 17.9 Å². The molecule has 0 fully saturated rings. The van der Waals surface area contributed by atoms with Gasteiger partial charge in [0.1, 0.15) is 0 Å². The van der Waals surface area contributed by atoms with Crippen LogP contribution in [-0.2, 0) is 13.0 Å². The number of aliphatic hydroxyl groups excluding tert-OH is 1. The second-order valence-corrected chi connectivity index (χ2v) is 5.43. The molecule has 0 atom stereocenters. The first-order valence-electron chi connectivity index (χ1n) is 6.64. The van der Waals surface area contributed by atoms with E-state index >= 15 is 0 Å². The molecule has 0 unspecified atom stereocenters. The maximum atomic E-state index is 11.8. The molecule has 0 bridgehead atoms. The van der Waals surface area contributed by atoms with Crippen LogP contribution in [0.3, 0.4) is 0 Å². The lowest BCUT2D eigenvalue weighted by Gasteiger charge is -2.05. The van der Waals surface area contributed by atoms with E-state index in [2.05, 4.69) is 16.8 Å². The summed E-state index contributed by atoms with van der Waals surface area (Å²) in [6.07, 6.45) is 2.60. The van der Waals surface area contributed by atoms with Crippen molar-refractivity contribution in [3.05, 3.63) is 54.5 Å². The molecule has 110 valence electrons. The van der Waals surface area contributed by atoms with Gasteiger partial charge in [0.15, 0.2) is 0 Å². The molecule has 0 aromatic carbocycles. The molecule has 0 spiro atoms. The first-order valence-corrected chi connectivity index (χ1v) is 7.52. The Morgan fingerprint density at radius 2 is 2.24 bits per heavy atom. The lowest BCUT2D eigenvalue weighted by molar-refractivity contribution is 0.305. The number of aryl methyl sites for hydroxylation is 1. The van der Waals surface area contributed by atoms with Crippen LogP contribution in [0, 0.1) is 11.8 Å². The maximum absolute atomic E-state index is 11.8. The van der Waals surface area contributed by atoms with Crippen molar-refractivity contribution in [2.24, 2.45) is 0 Å². The Labute approximate surface area is 125 Å². The van der Waals surface area contributed by atoms with Crippen LogP contribution in [0.2, 0.25) is 0 Å². The largest absolute Gasteiger partial charge is 0.395 e. The van der Waals surface area contributed by atoms with E-state index < -0.39 is 5.69 Å². The summed E-state index contributed by atoms with van der Waals surface area (Å²) in [4.78, 5) is 26.7. The lowest BCUT2D eigenvalue weighted by Crippen LogP contribution is -2.31. The SMILES string of the molecule is CCc1cn(Cc2sccc2C#CCCO)c(=O)[nH]c1=O. The molecule has 2 rings (SSSR count). The Bertz CT molecular complexity index is 789. The number of aromatic amines is 1. The van der Waals surface area contributed by atoms with Crippen LogP contribution in [0.5, 0.6) is 0 Å². The topological polar surface area (TPSA) is 75.1 Å². The van der Waals surface area contributed by atoms with Crippen molar-refractivity contribution in [2.45, 2.75) is 26.3 Å². The quantitative estimate of drug-likeness (QED) is 0.826. The standard InChI is InChI=1S/C15H16N2O3S/c1-2-11-9-17(15(20)16-14(11)19)10-13-12(6-8-21-13)5-3-4-7-18/h6,8-9,18H,2,4,7,10H2,1H3,(H,16,19,20). The molecular formula is C15H16N2O3S. The number of nitrogens with zero attached hydrogens (tertiary/aromatic N) is 1. The fourth-order valence-electron chi connectivity index (χ4n) is 1.87. The van der Waals surface area contributed by atoms with Crippen molar-refractivity contribution in [3.8, 4) is 11.8 Å². The van der Waals surface area contributed by atoms with Gasteiger partial charge in [-0.2, -0.15) is 0 Å². The van der Waals surface area contributed by atoms with E-state index in [0.29, 0.717) is 24.9 Å². The summed E-state index contributed by atoms with van der Waals surface area (Å²) in [6.45, 7) is 2.28. The molecule has 2 N–H and O–H groups in total. The van der Waals surface area contributed by atoms with Crippen LogP contribution < -0.4 is 11.2 Å². The van der Waals surface area contributed by atoms with E-state index in [0.717, 1.165) is 10.4 Å². The van der Waals surface area contributed by atoms with Crippen LogP contribution in [0.25, 0.3) is 0 Å². The minimum atomic E-state index is -0.417. The van der Waals surface area contributed by atoms with Crippen molar-refractivity contribution in [1.82, 2.24) is 9.55 Å². The fourth-order valence-corrected chi connectivity index (χ4v) is 2.69. The van der Waals surface area contributed by atoms with Crippen molar-refractivity contribution < 1.29 is 5.11 Å². The van der Waals surface area contributed by atoms with Gasteiger partial charge >= 0.3 is 5.69 Å². The molecule has 0 saturated carbocycles. The fraction of sp³-hybridized carbons (Fsp3) is 0.333. The number of thiophene rings is 1. The summed E-state index contributed by atoms with van der Waals surface area (Å²) in [5.41, 5.74) is 0.691. The molecular weight excluding hydrogens is 288 g/mol. The number of H-pyrrole nitrogens is 1. The van der Waals surface area contributed by atoms with Gasteiger partial charge in [0, 0.05) is 28.6 Å². The molecule has 2 heterocycles. The van der Waals surface area contributed by atoms with E-state index in [9.17, 15) is 9.59 Å². The third kappa shape index (κ3) is 3.72. The Hall–Kier alpha value is -2.10. The highest BCUT2D eigenvalue weighted by Crippen LogP contribution is 2.16. The highest BCUT2D eigenvalue weighted by molar-refractivity contribution is 7.10. The molecule has 0 aliphatic carbocycles. The Morgan fingerprint density at radius 3 is 2.95 bits per heavy atom. The van der Waals surface area contributed by atoms with Crippen LogP contribution in [0.4, 0.5) is 0 Å². The van der Waals surface area contributed by atoms with E-state index in [1.54, 1.807) is 6.20 Å². The summed E-state index contributed by atoms with van der Waals surface area (Å²) < 4.78 is 1.49. The highest BCUT2D eigenvalue weighted by atomic mass is 32.1. The van der Waals surface area contributed by atoms with Gasteiger partial charge in [-0.1, -0.05) is 18.8 Å². The normalized spacial score (nSPS) is 10.2. The molecule has 0 radical (unpaired) electrons. The van der Waals surface area contributed by atoms with Crippen LogP contribution in [-0.4, -0.2) is 21.3 Å². The zero-order chi connectivity index (χ0) is 15.2. The van der Waals surface area contributed by atoms with Crippen molar-refractivity contribution in [1.29, 1.82) is 0 Å². The van der Waals surface area contributed by atoms with Crippen molar-refractivity contribution in [2.75, 3.05) is 6.61 Å². The zero-order valence-corrected chi connectivity index (χ0v) is 12.5. The third-order valence-electron chi connectivity index (χ3n) is 2.98. The summed E-state index contributed by atoms with van der Waals surface area (Å²) in [5, 5.41) is 10.7. The molecule has 21 heavy (non-hydrogen) atoms. The van der Waals surface area contributed by atoms with Crippen molar-refractivity contribution >= 4 is 11.3 Å². The molecule has 0 saturated heterocycles. The molecule has 6 heteroatoms. The van der Waals surface area contributed by atoms with E-state index in [4.69, 9.17) is 5.11 Å². The van der Waals surface area contributed by atoms with E-state index in [1.807, 2.05) is 18.4 Å². The summed E-state index contributed by atoms with van der Waals surface area (Å²) in [6, 6.07) is 1.89. The first kappa shape index (κ1) is 15.3. The Morgan fingerprint density at radius 1 is 1.43 bits per heavy atom. The summed E-state index contributed by atoms with van der Waals surface area (Å²) in [7, 11) is 0. The summed E-state index contributed by atoms with van der Waals surface area (Å²) in [5.74, 6) is 5.86. The zero-order valence-electron chi connectivity index (χ0n) is 11.7. The van der Waals surface area contributed by atoms with Gasteiger partial charge in [-0.3, -0.25) is 14.3 Å². The van der Waals surface area contributed by atoms with Crippen LogP contribution >= 0.6 is 11.3 Å². The number of rotatable bonds is 4. The van der Waals surface area contributed by atoms with Crippen LogP contribution in [0.15, 0.2) is 27.2 Å². The van der Waals surface area contributed by atoms with E-state index in [1.165, 1.54) is 15.9 Å². The highest BCUT2D eigenvalue weighted by Gasteiger charge is 2.07. The monoisotopic (exact) mass is 304 g/mol. The van der Waals surface area contributed by atoms with E-state index in [-0.39, 0.29) is 12.2 Å². The second-order valence-electron chi connectivity index (χ2n) is 4.43. The van der Waals surface area contributed by atoms with Gasteiger partial charge < -0.3 is 5.11 Å². The number of nitrogens with one attached hydrogen (secondary N) is 1. The molecule has 0 aliphatic rings. The maximum Gasteiger partial charge on any atom is 0.328 e. The Kier molecular flexibility index (Phi) is 5.14. The predicted molar refractivity (Wildman–Crippen MR) is 82.7 cm³/mol. The summed E-state index contributed by atoms with van der Waals surface area (Å²) >= 11 is 1.51. The second kappa shape index (κ2) is 7.07. The molecule has 2 aromatic rings. The molecule has 5 nitrogen and oxygen atoms in total. The van der Waals surface area contributed by atoms with Gasteiger partial charge in [0.05, 0.1) is 13.2 Å². The Balaban J connectivity index is 2.32. The first-order chi connectivity index (χ1) is 10.2. The molecule has 2 aromatic heterocycles. The van der Waals surface area contributed by atoms with Gasteiger partial charge in [0.25, 0.3) is 5.56 Å². The van der Waals surface area contributed by atoms with Crippen LogP contribution in [0.1, 0.15) is 29.3 Å². The predicted octanol–water partition coefficient (Wildman–Crippen LogP) is 0.943. The van der Waals surface area contributed by atoms with Gasteiger partial charge in [-0.15, -0.1) is 11.3 Å². The van der Waals surface area contributed by atoms with Gasteiger partial charge in [-0.25, -0.2) is 4.79 Å². The minimum absolute atomic E-state index is 0.0334. The number of hydrogen-bond donors (Lipinski definition) is 2. The number of hydrogen-bond acceptors (Lipinski definition) is 4. The smallest absolute Gasteiger partial charge is 0.328 e. The number of aromatic nitrogens is 2. The lowest BCUT2D eigenvalue weighted by atomic mass is 10.2. The molecule has 0 aliphatic heterocycles. The third-order valence-corrected chi connectivity index (χ3v) is 3.89.